The van der Waals surface area contributed by atoms with Crippen molar-refractivity contribution in [2.24, 2.45) is 0 Å². The number of nitrogen functional groups attached to an aromatic ring is 1. The molecule has 0 aromatic heterocycles. The van der Waals surface area contributed by atoms with E-state index in [1.54, 1.807) is 12.1 Å². The van der Waals surface area contributed by atoms with Crippen LogP contribution in [-0.4, -0.2) is 27.2 Å². The molecule has 2 rings (SSSR count). The maximum absolute atomic E-state index is 12.4. The van der Waals surface area contributed by atoms with E-state index in [2.05, 4.69) is 20.7 Å². The van der Waals surface area contributed by atoms with Crippen LogP contribution in [0.5, 0.6) is 0 Å². The van der Waals surface area contributed by atoms with Gasteiger partial charge in [0.05, 0.1) is 4.90 Å². The second kappa shape index (κ2) is 5.40. The number of nitrogens with one attached hydrogen (secondary N) is 1. The van der Waals surface area contributed by atoms with E-state index in [4.69, 9.17) is 10.5 Å². The summed E-state index contributed by atoms with van der Waals surface area (Å²) in [6.07, 6.45) is 1.33. The third-order valence-corrected chi connectivity index (χ3v) is 5.84. The highest BCUT2D eigenvalue weighted by atomic mass is 79.9. The van der Waals surface area contributed by atoms with Gasteiger partial charge in [-0.15, -0.1) is 0 Å². The van der Waals surface area contributed by atoms with Crippen LogP contribution < -0.4 is 10.5 Å². The van der Waals surface area contributed by atoms with Gasteiger partial charge in [0.15, 0.2) is 0 Å². The van der Waals surface area contributed by atoms with Crippen LogP contribution in [0.15, 0.2) is 27.6 Å². The van der Waals surface area contributed by atoms with Gasteiger partial charge in [-0.2, -0.15) is 0 Å². The predicted molar refractivity (Wildman–Crippen MR) is 77.3 cm³/mol. The lowest BCUT2D eigenvalue weighted by Gasteiger charge is -2.34. The minimum Gasteiger partial charge on any atom is -0.399 e. The Morgan fingerprint density at radius 2 is 2.00 bits per heavy atom. The van der Waals surface area contributed by atoms with Crippen LogP contribution in [0, 0.1) is 0 Å². The number of hydrogen-bond acceptors (Lipinski definition) is 4. The lowest BCUT2D eigenvalue weighted by molar-refractivity contribution is 0.0537. The number of sulfonamides is 1. The summed E-state index contributed by atoms with van der Waals surface area (Å²) in [6.45, 7) is 3.04. The lowest BCUT2D eigenvalue weighted by atomic mass is 9.94. The third kappa shape index (κ3) is 3.47. The molecule has 0 bridgehead atoms. The smallest absolute Gasteiger partial charge is 0.242 e. The standard InChI is InChI=1S/C12H17BrN2O3S/c1-12(4-6-18-7-5-12)15-19(16,17)11-3-2-9(14)8-10(11)13/h2-3,8,15H,4-7,14H2,1H3. The van der Waals surface area contributed by atoms with E-state index in [1.807, 2.05) is 6.92 Å². The van der Waals surface area contributed by atoms with Crippen LogP contribution in [0.1, 0.15) is 19.8 Å². The van der Waals surface area contributed by atoms with Gasteiger partial charge in [-0.05, 0) is 53.9 Å². The Hall–Kier alpha value is -0.630. The maximum Gasteiger partial charge on any atom is 0.242 e. The highest BCUT2D eigenvalue weighted by molar-refractivity contribution is 9.10. The molecule has 0 spiro atoms. The average molecular weight is 349 g/mol. The monoisotopic (exact) mass is 348 g/mol. The van der Waals surface area contributed by atoms with Gasteiger partial charge in [0.2, 0.25) is 10.0 Å². The summed E-state index contributed by atoms with van der Waals surface area (Å²) in [7, 11) is -3.57. The number of rotatable bonds is 3. The second-order valence-corrected chi connectivity index (χ2v) is 7.47. The van der Waals surface area contributed by atoms with Gasteiger partial charge in [-0.1, -0.05) is 0 Å². The molecule has 5 nitrogen and oxygen atoms in total. The van der Waals surface area contributed by atoms with Crippen molar-refractivity contribution in [3.8, 4) is 0 Å². The number of benzene rings is 1. The fourth-order valence-electron chi connectivity index (χ4n) is 2.04. The van der Waals surface area contributed by atoms with E-state index in [9.17, 15) is 8.42 Å². The minimum atomic E-state index is -3.57. The summed E-state index contributed by atoms with van der Waals surface area (Å²) in [5.74, 6) is 0. The Bertz CT molecular complexity index is 568. The summed E-state index contributed by atoms with van der Waals surface area (Å²) >= 11 is 3.24. The molecule has 7 heteroatoms. The van der Waals surface area contributed by atoms with Crippen molar-refractivity contribution < 1.29 is 13.2 Å². The Balaban J connectivity index is 2.27. The molecule has 19 heavy (non-hydrogen) atoms. The molecule has 1 fully saturated rings. The largest absolute Gasteiger partial charge is 0.399 e. The van der Waals surface area contributed by atoms with Crippen molar-refractivity contribution in [3.63, 3.8) is 0 Å². The molecule has 1 aliphatic rings. The van der Waals surface area contributed by atoms with E-state index >= 15 is 0 Å². The first-order valence-corrected chi connectivity index (χ1v) is 8.27. The molecule has 1 saturated heterocycles. The van der Waals surface area contributed by atoms with E-state index in [0.717, 1.165) is 0 Å². The molecule has 0 unspecified atom stereocenters. The second-order valence-electron chi connectivity index (χ2n) is 4.97. The minimum absolute atomic E-state index is 0.203. The van der Waals surface area contributed by atoms with Gasteiger partial charge >= 0.3 is 0 Å². The Morgan fingerprint density at radius 1 is 1.37 bits per heavy atom. The van der Waals surface area contributed by atoms with Gasteiger partial charge in [0.1, 0.15) is 0 Å². The fraction of sp³-hybridized carbons (Fsp3) is 0.500. The van der Waals surface area contributed by atoms with Gasteiger partial charge < -0.3 is 10.5 Å². The quantitative estimate of drug-likeness (QED) is 0.817. The van der Waals surface area contributed by atoms with Crippen molar-refractivity contribution in [1.82, 2.24) is 4.72 Å². The van der Waals surface area contributed by atoms with Gasteiger partial charge in [0, 0.05) is 28.9 Å². The van der Waals surface area contributed by atoms with E-state index in [1.165, 1.54) is 6.07 Å². The fourth-order valence-corrected chi connectivity index (χ4v) is 4.60. The molecule has 3 N–H and O–H groups in total. The molecule has 1 aromatic rings. The molecule has 1 aliphatic heterocycles. The Kier molecular flexibility index (Phi) is 4.20. The molecule has 106 valence electrons. The Labute approximate surface area is 121 Å². The van der Waals surface area contributed by atoms with Gasteiger partial charge in [-0.25, -0.2) is 13.1 Å². The van der Waals surface area contributed by atoms with Crippen molar-refractivity contribution in [2.75, 3.05) is 18.9 Å². The summed E-state index contributed by atoms with van der Waals surface area (Å²) < 4.78 is 33.3. The zero-order valence-corrected chi connectivity index (χ0v) is 13.1. The van der Waals surface area contributed by atoms with Crippen molar-refractivity contribution >= 4 is 31.6 Å². The van der Waals surface area contributed by atoms with Crippen molar-refractivity contribution in [1.29, 1.82) is 0 Å². The summed E-state index contributed by atoms with van der Waals surface area (Å²) in [5, 5.41) is 0. The van der Waals surface area contributed by atoms with E-state index in [0.29, 0.717) is 36.2 Å². The third-order valence-electron chi connectivity index (χ3n) is 3.22. The number of ether oxygens (including phenoxy) is 1. The Morgan fingerprint density at radius 3 is 2.58 bits per heavy atom. The topological polar surface area (TPSA) is 81.4 Å². The number of anilines is 1. The SMILES string of the molecule is CC1(NS(=O)(=O)c2ccc(N)cc2Br)CCOCC1. The van der Waals surface area contributed by atoms with Crippen molar-refractivity contribution in [3.05, 3.63) is 22.7 Å². The van der Waals surface area contributed by atoms with Crippen LogP contribution in [0.4, 0.5) is 5.69 Å². The zero-order valence-electron chi connectivity index (χ0n) is 10.6. The molecule has 0 aliphatic carbocycles. The number of hydrogen-bond donors (Lipinski definition) is 2. The highest BCUT2D eigenvalue weighted by Crippen LogP contribution is 2.27. The first-order valence-electron chi connectivity index (χ1n) is 5.99. The molecular weight excluding hydrogens is 332 g/mol. The lowest BCUT2D eigenvalue weighted by Crippen LogP contribution is -2.49. The first-order chi connectivity index (χ1) is 8.82. The van der Waals surface area contributed by atoms with E-state index in [-0.39, 0.29) is 4.90 Å². The van der Waals surface area contributed by atoms with E-state index < -0.39 is 15.6 Å². The predicted octanol–water partition coefficient (Wildman–Crippen LogP) is 1.88. The number of halogens is 1. The van der Waals surface area contributed by atoms with Gasteiger partial charge in [0.25, 0.3) is 0 Å². The van der Waals surface area contributed by atoms with Crippen LogP contribution in [0.3, 0.4) is 0 Å². The highest BCUT2D eigenvalue weighted by Gasteiger charge is 2.33. The molecular formula is C12H17BrN2O3S. The molecule has 0 amide bonds. The van der Waals surface area contributed by atoms with Crippen LogP contribution >= 0.6 is 15.9 Å². The van der Waals surface area contributed by atoms with Gasteiger partial charge in [-0.3, -0.25) is 0 Å². The normalized spacial score (nSPS) is 19.3. The first kappa shape index (κ1) is 14.8. The molecule has 0 saturated carbocycles. The number of nitrogens with two attached hydrogens (primary N) is 1. The summed E-state index contributed by atoms with van der Waals surface area (Å²) in [6, 6.07) is 4.66. The summed E-state index contributed by atoms with van der Waals surface area (Å²) in [4.78, 5) is 0.203. The molecule has 1 aromatic carbocycles. The molecule has 0 atom stereocenters. The van der Waals surface area contributed by atoms with Crippen LogP contribution in [0.25, 0.3) is 0 Å². The van der Waals surface area contributed by atoms with Crippen LogP contribution in [0.2, 0.25) is 0 Å². The zero-order chi connectivity index (χ0) is 14.1. The maximum atomic E-state index is 12.4. The molecule has 0 radical (unpaired) electrons. The molecule has 1 heterocycles. The van der Waals surface area contributed by atoms with Crippen LogP contribution in [-0.2, 0) is 14.8 Å². The van der Waals surface area contributed by atoms with Crippen molar-refractivity contribution in [2.45, 2.75) is 30.2 Å². The summed E-state index contributed by atoms with van der Waals surface area (Å²) in [5.41, 5.74) is 5.68. The average Bonchev–Trinajstić information content (AvgIpc) is 2.27.